The van der Waals surface area contributed by atoms with E-state index in [0.717, 1.165) is 5.69 Å². The highest BCUT2D eigenvalue weighted by Gasteiger charge is 2.32. The molecule has 2 saturated heterocycles. The molecule has 2 heterocycles. The number of hydrogen-bond donors (Lipinski definition) is 2. The Balaban J connectivity index is 1.35. The number of benzene rings is 2. The summed E-state index contributed by atoms with van der Waals surface area (Å²) in [5.41, 5.74) is 1.40. The first kappa shape index (κ1) is 23.8. The minimum atomic E-state index is -3.72. The van der Waals surface area contributed by atoms with Crippen LogP contribution in [-0.4, -0.2) is 65.1 Å². The molecule has 182 valence electrons. The molecule has 0 atom stereocenters. The molecule has 0 radical (unpaired) electrons. The molecule has 2 aromatic carbocycles. The normalized spacial score (nSPS) is 17.4. The highest BCUT2D eigenvalue weighted by molar-refractivity contribution is 7.89. The maximum absolute atomic E-state index is 13.1. The Morgan fingerprint density at radius 1 is 1.00 bits per heavy atom. The van der Waals surface area contributed by atoms with Gasteiger partial charge in [-0.15, -0.1) is 0 Å². The van der Waals surface area contributed by atoms with Crippen molar-refractivity contribution >= 4 is 33.3 Å². The molecule has 4 rings (SSSR count). The van der Waals surface area contributed by atoms with Crippen molar-refractivity contribution < 1.29 is 27.5 Å². The van der Waals surface area contributed by atoms with Crippen molar-refractivity contribution in [2.45, 2.75) is 17.7 Å². The molecule has 0 aliphatic carbocycles. The number of rotatable bonds is 7. The number of carbonyl (C=O) groups excluding carboxylic acids is 2. The molecule has 34 heavy (non-hydrogen) atoms. The van der Waals surface area contributed by atoms with Gasteiger partial charge in [0.25, 0.3) is 0 Å². The van der Waals surface area contributed by atoms with Crippen molar-refractivity contribution in [3.05, 3.63) is 42.5 Å². The SMILES string of the molecule is COc1ccc(S(=O)(=O)N2CCC(C(=O)Nc3ccc(N4CCNC4=O)cc3)CC2)cc1OC. The fraction of sp³-hybridized carbons (Fsp3) is 0.391. The van der Waals surface area contributed by atoms with Crippen molar-refractivity contribution in [1.29, 1.82) is 0 Å². The number of ether oxygens (including phenoxy) is 2. The molecule has 2 N–H and O–H groups in total. The fourth-order valence-electron chi connectivity index (χ4n) is 4.17. The smallest absolute Gasteiger partial charge is 0.321 e. The predicted molar refractivity (Wildman–Crippen MR) is 127 cm³/mol. The van der Waals surface area contributed by atoms with Gasteiger partial charge in [0.15, 0.2) is 11.5 Å². The number of nitrogens with one attached hydrogen (secondary N) is 2. The Morgan fingerprint density at radius 2 is 1.68 bits per heavy atom. The molecule has 2 fully saturated rings. The van der Waals surface area contributed by atoms with Crippen LogP contribution in [0.5, 0.6) is 11.5 Å². The van der Waals surface area contributed by atoms with Gasteiger partial charge in [0, 0.05) is 49.5 Å². The van der Waals surface area contributed by atoms with Crippen LogP contribution in [0.4, 0.5) is 16.2 Å². The zero-order valence-corrected chi connectivity index (χ0v) is 19.9. The summed E-state index contributed by atoms with van der Waals surface area (Å²) in [5, 5.41) is 5.65. The van der Waals surface area contributed by atoms with Crippen molar-refractivity contribution in [2.24, 2.45) is 5.92 Å². The number of urea groups is 1. The van der Waals surface area contributed by atoms with E-state index in [1.807, 2.05) is 0 Å². The Labute approximate surface area is 198 Å². The van der Waals surface area contributed by atoms with E-state index in [9.17, 15) is 18.0 Å². The van der Waals surface area contributed by atoms with Crippen LogP contribution >= 0.6 is 0 Å². The van der Waals surface area contributed by atoms with Crippen LogP contribution in [0.1, 0.15) is 12.8 Å². The lowest BCUT2D eigenvalue weighted by Crippen LogP contribution is -2.41. The Kier molecular flexibility index (Phi) is 6.94. The van der Waals surface area contributed by atoms with Crippen LogP contribution in [0.2, 0.25) is 0 Å². The number of methoxy groups -OCH3 is 2. The van der Waals surface area contributed by atoms with Crippen LogP contribution < -0.4 is 25.0 Å². The van der Waals surface area contributed by atoms with Crippen LogP contribution in [0.3, 0.4) is 0 Å². The molecule has 0 saturated carbocycles. The van der Waals surface area contributed by atoms with Gasteiger partial charge in [-0.2, -0.15) is 4.31 Å². The molecule has 0 unspecified atom stereocenters. The summed E-state index contributed by atoms with van der Waals surface area (Å²) in [6.07, 6.45) is 0.842. The van der Waals surface area contributed by atoms with Crippen LogP contribution in [0.25, 0.3) is 0 Å². The van der Waals surface area contributed by atoms with Crippen molar-refractivity contribution in [1.82, 2.24) is 9.62 Å². The van der Waals surface area contributed by atoms with E-state index in [1.165, 1.54) is 30.7 Å². The van der Waals surface area contributed by atoms with Crippen molar-refractivity contribution in [3.63, 3.8) is 0 Å². The van der Waals surface area contributed by atoms with Gasteiger partial charge < -0.3 is 20.1 Å². The first-order valence-electron chi connectivity index (χ1n) is 11.0. The number of hydrogen-bond acceptors (Lipinski definition) is 6. The molecule has 3 amide bonds. The second-order valence-corrected chi connectivity index (χ2v) is 10.1. The van der Waals surface area contributed by atoms with Gasteiger partial charge >= 0.3 is 6.03 Å². The summed E-state index contributed by atoms with van der Waals surface area (Å²) in [6, 6.07) is 11.5. The minimum absolute atomic E-state index is 0.125. The molecule has 2 aliphatic heterocycles. The van der Waals surface area contributed by atoms with Gasteiger partial charge in [-0.1, -0.05) is 0 Å². The van der Waals surface area contributed by atoms with E-state index in [4.69, 9.17) is 9.47 Å². The first-order chi connectivity index (χ1) is 16.3. The molecular weight excluding hydrogens is 460 g/mol. The lowest BCUT2D eigenvalue weighted by Gasteiger charge is -2.30. The van der Waals surface area contributed by atoms with E-state index < -0.39 is 10.0 Å². The summed E-state index contributed by atoms with van der Waals surface area (Å²) in [6.45, 7) is 1.71. The summed E-state index contributed by atoms with van der Waals surface area (Å²) in [5.74, 6) is 0.360. The van der Waals surface area contributed by atoms with Gasteiger partial charge in [-0.25, -0.2) is 13.2 Å². The van der Waals surface area contributed by atoms with E-state index in [1.54, 1.807) is 35.2 Å². The largest absolute Gasteiger partial charge is 0.493 e. The summed E-state index contributed by atoms with van der Waals surface area (Å²) >= 11 is 0. The number of carbonyl (C=O) groups is 2. The zero-order valence-electron chi connectivity index (χ0n) is 19.1. The minimum Gasteiger partial charge on any atom is -0.493 e. The molecule has 0 bridgehead atoms. The predicted octanol–water partition coefficient (Wildman–Crippen LogP) is 2.27. The monoisotopic (exact) mass is 488 g/mol. The second kappa shape index (κ2) is 9.90. The highest BCUT2D eigenvalue weighted by Crippen LogP contribution is 2.32. The summed E-state index contributed by atoms with van der Waals surface area (Å²) < 4.78 is 38.0. The summed E-state index contributed by atoms with van der Waals surface area (Å²) in [7, 11) is -0.775. The quantitative estimate of drug-likeness (QED) is 0.618. The number of sulfonamides is 1. The van der Waals surface area contributed by atoms with Gasteiger partial charge in [-0.3, -0.25) is 9.69 Å². The lowest BCUT2D eigenvalue weighted by atomic mass is 9.97. The van der Waals surface area contributed by atoms with Crippen LogP contribution in [0, 0.1) is 5.92 Å². The number of piperidine rings is 1. The van der Waals surface area contributed by atoms with Crippen LogP contribution in [0.15, 0.2) is 47.4 Å². The molecule has 2 aromatic rings. The molecule has 0 spiro atoms. The molecule has 2 aliphatic rings. The van der Waals surface area contributed by atoms with E-state index in [-0.39, 0.29) is 35.8 Å². The van der Waals surface area contributed by atoms with E-state index >= 15 is 0 Å². The summed E-state index contributed by atoms with van der Waals surface area (Å²) in [4.78, 5) is 26.3. The maximum Gasteiger partial charge on any atom is 0.321 e. The Hall–Kier alpha value is -3.31. The lowest BCUT2D eigenvalue weighted by molar-refractivity contribution is -0.120. The third-order valence-electron chi connectivity index (χ3n) is 6.12. The second-order valence-electron chi connectivity index (χ2n) is 8.11. The number of anilines is 2. The van der Waals surface area contributed by atoms with E-state index in [2.05, 4.69) is 10.6 Å². The van der Waals surface area contributed by atoms with Crippen molar-refractivity contribution in [3.8, 4) is 11.5 Å². The Morgan fingerprint density at radius 3 is 2.26 bits per heavy atom. The highest BCUT2D eigenvalue weighted by atomic mass is 32.2. The maximum atomic E-state index is 13.1. The van der Waals surface area contributed by atoms with Gasteiger partial charge in [-0.05, 0) is 49.2 Å². The van der Waals surface area contributed by atoms with E-state index in [0.29, 0.717) is 43.1 Å². The number of amides is 3. The third kappa shape index (κ3) is 4.80. The topological polar surface area (TPSA) is 117 Å². The zero-order chi connectivity index (χ0) is 24.3. The molecule has 0 aromatic heterocycles. The van der Waals surface area contributed by atoms with Crippen LogP contribution in [-0.2, 0) is 14.8 Å². The van der Waals surface area contributed by atoms with Crippen molar-refractivity contribution in [2.75, 3.05) is 50.6 Å². The average Bonchev–Trinajstić information content (AvgIpc) is 3.29. The first-order valence-corrected chi connectivity index (χ1v) is 12.5. The number of nitrogens with zero attached hydrogens (tertiary/aromatic N) is 2. The van der Waals surface area contributed by atoms with Gasteiger partial charge in [0.1, 0.15) is 0 Å². The fourth-order valence-corrected chi connectivity index (χ4v) is 5.66. The Bertz CT molecular complexity index is 1160. The third-order valence-corrected chi connectivity index (χ3v) is 8.02. The molecule has 11 heteroatoms. The van der Waals surface area contributed by atoms with Gasteiger partial charge in [0.05, 0.1) is 19.1 Å². The molecular formula is C23H28N4O6S. The average molecular weight is 489 g/mol. The molecule has 10 nitrogen and oxygen atoms in total. The standard InChI is InChI=1S/C23H28N4O6S/c1-32-20-8-7-19(15-21(20)33-2)34(30,31)26-12-9-16(10-13-26)22(28)25-17-3-5-18(6-4-17)27-14-11-24-23(27)29/h3-8,15-16H,9-14H2,1-2H3,(H,24,29)(H,25,28). The van der Waals surface area contributed by atoms with Gasteiger partial charge in [0.2, 0.25) is 15.9 Å².